The van der Waals surface area contributed by atoms with Crippen LogP contribution < -0.4 is 5.43 Å². The van der Waals surface area contributed by atoms with Crippen molar-refractivity contribution < 1.29 is 8.87 Å². The van der Waals surface area contributed by atoms with Crippen LogP contribution in [-0.4, -0.2) is 28.2 Å². The van der Waals surface area contributed by atoms with Crippen LogP contribution in [0.4, 0.5) is 8.87 Å². The maximum atomic E-state index is 12.9. The number of hydrogen-bond donors (Lipinski definition) is 1. The zero-order valence-electron chi connectivity index (χ0n) is 9.33. The molecule has 0 aromatic rings. The number of nitrogens with zero attached hydrogens (tertiary/aromatic N) is 3. The van der Waals surface area contributed by atoms with Crippen molar-refractivity contribution >= 4 is 5.84 Å². The minimum atomic E-state index is -0.756. The Bertz CT molecular complexity index is 278. The van der Waals surface area contributed by atoms with Crippen molar-refractivity contribution in [1.29, 1.82) is 0 Å². The van der Waals surface area contributed by atoms with Crippen LogP contribution in [0.5, 0.6) is 0 Å². The Morgan fingerprint density at radius 1 is 1.33 bits per heavy atom. The van der Waals surface area contributed by atoms with Gasteiger partial charge in [-0.15, -0.1) is 5.10 Å². The van der Waals surface area contributed by atoms with Gasteiger partial charge in [-0.3, -0.25) is 0 Å². The Balaban J connectivity index is 2.93. The SMILES string of the molecule is CC(C)N(C1=NN(F)NC(F)=C1)C(C)C. The van der Waals surface area contributed by atoms with Crippen LogP contribution in [0, 0.1) is 0 Å². The van der Waals surface area contributed by atoms with Gasteiger partial charge in [-0.2, -0.15) is 4.39 Å². The molecule has 0 spiro atoms. The molecule has 86 valence electrons. The first-order valence-corrected chi connectivity index (χ1v) is 4.88. The third-order valence-electron chi connectivity index (χ3n) is 2.02. The highest BCUT2D eigenvalue weighted by Crippen LogP contribution is 2.13. The van der Waals surface area contributed by atoms with Gasteiger partial charge in [-0.25, -0.2) is 5.43 Å². The molecule has 1 rings (SSSR count). The van der Waals surface area contributed by atoms with E-state index in [1.165, 1.54) is 6.08 Å². The summed E-state index contributed by atoms with van der Waals surface area (Å²) in [7, 11) is 0. The van der Waals surface area contributed by atoms with Crippen LogP contribution in [0.2, 0.25) is 0 Å². The number of hydrazine groups is 1. The van der Waals surface area contributed by atoms with Crippen LogP contribution in [0.25, 0.3) is 0 Å². The fraction of sp³-hybridized carbons (Fsp3) is 0.667. The average Bonchev–Trinajstić information content (AvgIpc) is 1.99. The van der Waals surface area contributed by atoms with Crippen LogP contribution in [0.1, 0.15) is 27.7 Å². The Morgan fingerprint density at radius 3 is 2.27 bits per heavy atom. The topological polar surface area (TPSA) is 30.9 Å². The lowest BCUT2D eigenvalue weighted by Crippen LogP contribution is -2.44. The first-order chi connectivity index (χ1) is 6.91. The van der Waals surface area contributed by atoms with E-state index in [0.29, 0.717) is 0 Å². The number of nitrogens with one attached hydrogen (secondary N) is 1. The van der Waals surface area contributed by atoms with Gasteiger partial charge in [0.25, 0.3) is 0 Å². The smallest absolute Gasteiger partial charge is 0.212 e. The first-order valence-electron chi connectivity index (χ1n) is 4.88. The van der Waals surface area contributed by atoms with Crippen molar-refractivity contribution in [1.82, 2.24) is 15.7 Å². The Kier molecular flexibility index (Phi) is 3.49. The van der Waals surface area contributed by atoms with Crippen LogP contribution >= 0.6 is 0 Å². The van der Waals surface area contributed by atoms with Crippen LogP contribution in [0.15, 0.2) is 17.1 Å². The lowest BCUT2D eigenvalue weighted by Gasteiger charge is -2.33. The second kappa shape index (κ2) is 4.46. The highest BCUT2D eigenvalue weighted by Gasteiger charge is 2.22. The number of halogens is 2. The Hall–Kier alpha value is -1.33. The third kappa shape index (κ3) is 2.81. The predicted octanol–water partition coefficient (Wildman–Crippen LogP) is 1.93. The number of amidine groups is 1. The molecule has 0 unspecified atom stereocenters. The van der Waals surface area contributed by atoms with E-state index in [1.807, 2.05) is 32.6 Å². The third-order valence-corrected chi connectivity index (χ3v) is 2.02. The van der Waals surface area contributed by atoms with Gasteiger partial charge in [0.05, 0.1) is 0 Å². The van der Waals surface area contributed by atoms with Gasteiger partial charge in [-0.1, -0.05) is 4.48 Å². The second-order valence-corrected chi connectivity index (χ2v) is 3.92. The van der Waals surface area contributed by atoms with Crippen LogP contribution in [-0.2, 0) is 0 Å². The Morgan fingerprint density at radius 2 is 1.87 bits per heavy atom. The molecule has 0 aromatic carbocycles. The molecule has 1 N–H and O–H groups in total. The molecule has 0 fully saturated rings. The number of hydrogen-bond acceptors (Lipinski definition) is 4. The van der Waals surface area contributed by atoms with E-state index in [9.17, 15) is 8.87 Å². The molecule has 0 bridgehead atoms. The summed E-state index contributed by atoms with van der Waals surface area (Å²) < 4.78 is 25.7. The van der Waals surface area contributed by atoms with Crippen molar-refractivity contribution in [3.05, 3.63) is 12.0 Å². The minimum Gasteiger partial charge on any atom is -0.350 e. The predicted molar refractivity (Wildman–Crippen MR) is 54.8 cm³/mol. The van der Waals surface area contributed by atoms with E-state index >= 15 is 0 Å². The van der Waals surface area contributed by atoms with Crippen molar-refractivity contribution in [2.45, 2.75) is 39.8 Å². The summed E-state index contributed by atoms with van der Waals surface area (Å²) >= 11 is 0. The number of hydrazone groups is 1. The standard InChI is InChI=1S/C9H16F2N4/c1-6(2)14(7(3)4)9-5-8(10)12-15(11)13-9/h5-7,12H,1-4H3. The van der Waals surface area contributed by atoms with Gasteiger partial charge in [0, 0.05) is 18.2 Å². The lowest BCUT2D eigenvalue weighted by molar-refractivity contribution is -0.0300. The normalized spacial score (nSPS) is 16.4. The van der Waals surface area contributed by atoms with Gasteiger partial charge in [-0.05, 0) is 33.0 Å². The maximum Gasteiger partial charge on any atom is 0.212 e. The zero-order chi connectivity index (χ0) is 11.6. The van der Waals surface area contributed by atoms with E-state index in [2.05, 4.69) is 5.10 Å². The van der Waals surface area contributed by atoms with E-state index in [1.54, 1.807) is 5.43 Å². The zero-order valence-corrected chi connectivity index (χ0v) is 9.33. The fourth-order valence-corrected chi connectivity index (χ4v) is 1.63. The fourth-order valence-electron chi connectivity index (χ4n) is 1.63. The highest BCUT2D eigenvalue weighted by atomic mass is 19.2. The largest absolute Gasteiger partial charge is 0.350 e. The molecule has 1 aliphatic rings. The molecule has 0 aromatic heterocycles. The van der Waals surface area contributed by atoms with E-state index in [4.69, 9.17) is 0 Å². The van der Waals surface area contributed by atoms with Crippen molar-refractivity contribution in [2.75, 3.05) is 0 Å². The molecule has 0 atom stereocenters. The van der Waals surface area contributed by atoms with Crippen molar-refractivity contribution in [2.24, 2.45) is 5.10 Å². The molecule has 6 heteroatoms. The molecular weight excluding hydrogens is 202 g/mol. The molecule has 1 aliphatic heterocycles. The van der Waals surface area contributed by atoms with Gasteiger partial charge < -0.3 is 4.90 Å². The molecule has 0 radical (unpaired) electrons. The average molecular weight is 218 g/mol. The molecule has 0 saturated carbocycles. The summed E-state index contributed by atoms with van der Waals surface area (Å²) in [5.74, 6) is -0.479. The second-order valence-electron chi connectivity index (χ2n) is 3.92. The monoisotopic (exact) mass is 218 g/mol. The summed E-state index contributed by atoms with van der Waals surface area (Å²) in [4.78, 5) is 1.83. The van der Waals surface area contributed by atoms with Crippen molar-refractivity contribution in [3.63, 3.8) is 0 Å². The molecule has 0 aliphatic carbocycles. The van der Waals surface area contributed by atoms with E-state index in [0.717, 1.165) is 0 Å². The molecule has 0 saturated heterocycles. The summed E-state index contributed by atoms with van der Waals surface area (Å²) in [5.41, 5.74) is 1.79. The molecule has 1 heterocycles. The van der Waals surface area contributed by atoms with E-state index < -0.39 is 5.95 Å². The number of rotatable bonds is 2. The van der Waals surface area contributed by atoms with Gasteiger partial charge in [0.15, 0.2) is 5.84 Å². The van der Waals surface area contributed by atoms with Gasteiger partial charge in [0.2, 0.25) is 5.95 Å². The maximum absolute atomic E-state index is 12.9. The summed E-state index contributed by atoms with van der Waals surface area (Å²) in [5, 5.41) is 3.43. The first kappa shape index (κ1) is 11.7. The lowest BCUT2D eigenvalue weighted by atomic mass is 10.2. The van der Waals surface area contributed by atoms with E-state index in [-0.39, 0.29) is 23.3 Å². The molecule has 15 heavy (non-hydrogen) atoms. The molecular formula is C9H16F2N4. The molecule has 0 amide bonds. The van der Waals surface area contributed by atoms with Gasteiger partial charge in [0.1, 0.15) is 0 Å². The van der Waals surface area contributed by atoms with Crippen molar-refractivity contribution in [3.8, 4) is 0 Å². The van der Waals surface area contributed by atoms with Crippen LogP contribution in [0.3, 0.4) is 0 Å². The minimum absolute atomic E-state index is 0.123. The van der Waals surface area contributed by atoms with Gasteiger partial charge >= 0.3 is 0 Å². The molecule has 4 nitrogen and oxygen atoms in total. The highest BCUT2D eigenvalue weighted by molar-refractivity contribution is 5.93. The Labute approximate surface area is 88.1 Å². The summed E-state index contributed by atoms with van der Waals surface area (Å²) in [6.07, 6.45) is 1.18. The summed E-state index contributed by atoms with van der Waals surface area (Å²) in [6.45, 7) is 7.77. The summed E-state index contributed by atoms with van der Waals surface area (Å²) in [6, 6.07) is 0.249. The quantitative estimate of drug-likeness (QED) is 0.567.